The van der Waals surface area contributed by atoms with Crippen molar-refractivity contribution in [1.82, 2.24) is 20.6 Å². The molecule has 0 atom stereocenters. The molecule has 28 heavy (non-hydrogen) atoms. The van der Waals surface area contributed by atoms with E-state index in [0.717, 1.165) is 40.9 Å². The van der Waals surface area contributed by atoms with Crippen LogP contribution in [0.15, 0.2) is 65.8 Å². The minimum absolute atomic E-state index is 0. The molecule has 3 rings (SSSR count). The van der Waals surface area contributed by atoms with Gasteiger partial charge in [0.1, 0.15) is 11.6 Å². The number of hydrogen-bond acceptors (Lipinski definition) is 3. The van der Waals surface area contributed by atoms with Crippen LogP contribution < -0.4 is 15.4 Å². The fourth-order valence-electron chi connectivity index (χ4n) is 2.67. The summed E-state index contributed by atoms with van der Waals surface area (Å²) in [7, 11) is 1.67. The van der Waals surface area contributed by atoms with Gasteiger partial charge in [0, 0.05) is 6.54 Å². The first-order chi connectivity index (χ1) is 13.3. The van der Waals surface area contributed by atoms with E-state index in [0.29, 0.717) is 13.1 Å². The van der Waals surface area contributed by atoms with Gasteiger partial charge in [-0.05, 0) is 30.2 Å². The number of rotatable bonds is 7. The monoisotopic (exact) mass is 491 g/mol. The standard InChI is InChI=1S/C21H25N5O.HI/c1-3-22-21(24-13-16-8-7-11-18(12-16)27-2)25-15-20-23-14-19(26-20)17-9-5-4-6-10-17;/h4-12,14H,3,13,15H2,1-2H3,(H,23,26)(H2,22,24,25);1H. The summed E-state index contributed by atoms with van der Waals surface area (Å²) in [5, 5.41) is 6.57. The molecule has 148 valence electrons. The third-order valence-electron chi connectivity index (χ3n) is 4.03. The zero-order chi connectivity index (χ0) is 18.9. The second-order valence-corrected chi connectivity index (χ2v) is 6.01. The van der Waals surface area contributed by atoms with Crippen LogP contribution in [0.4, 0.5) is 0 Å². The Morgan fingerprint density at radius 1 is 1.11 bits per heavy atom. The van der Waals surface area contributed by atoms with Crippen LogP contribution in [0.2, 0.25) is 0 Å². The lowest BCUT2D eigenvalue weighted by atomic mass is 10.2. The molecular weight excluding hydrogens is 465 g/mol. The molecule has 0 bridgehead atoms. The second-order valence-electron chi connectivity index (χ2n) is 6.01. The highest BCUT2D eigenvalue weighted by molar-refractivity contribution is 14.0. The van der Waals surface area contributed by atoms with Crippen LogP contribution in [-0.4, -0.2) is 29.6 Å². The fourth-order valence-corrected chi connectivity index (χ4v) is 2.67. The Labute approximate surface area is 182 Å². The third-order valence-corrected chi connectivity index (χ3v) is 4.03. The highest BCUT2D eigenvalue weighted by Gasteiger charge is 2.04. The number of aromatic amines is 1. The summed E-state index contributed by atoms with van der Waals surface area (Å²) in [5.74, 6) is 2.45. The number of methoxy groups -OCH3 is 1. The van der Waals surface area contributed by atoms with Gasteiger partial charge in [-0.3, -0.25) is 0 Å². The van der Waals surface area contributed by atoms with E-state index in [-0.39, 0.29) is 24.0 Å². The van der Waals surface area contributed by atoms with E-state index in [2.05, 4.69) is 37.7 Å². The predicted octanol–water partition coefficient (Wildman–Crippen LogP) is 3.96. The van der Waals surface area contributed by atoms with Crippen LogP contribution in [0.1, 0.15) is 18.3 Å². The number of ether oxygens (including phenoxy) is 1. The Balaban J connectivity index is 0.00000280. The number of hydrogen-bond donors (Lipinski definition) is 3. The van der Waals surface area contributed by atoms with Gasteiger partial charge >= 0.3 is 0 Å². The van der Waals surface area contributed by atoms with E-state index in [1.807, 2.05) is 55.6 Å². The number of H-pyrrole nitrogens is 1. The molecule has 0 amide bonds. The smallest absolute Gasteiger partial charge is 0.191 e. The highest BCUT2D eigenvalue weighted by Crippen LogP contribution is 2.16. The predicted molar refractivity (Wildman–Crippen MR) is 124 cm³/mol. The van der Waals surface area contributed by atoms with Crippen LogP contribution >= 0.6 is 24.0 Å². The Morgan fingerprint density at radius 3 is 2.68 bits per heavy atom. The van der Waals surface area contributed by atoms with Crippen LogP contribution in [0, 0.1) is 0 Å². The third kappa shape index (κ3) is 6.26. The number of aliphatic imine (C=N–C) groups is 1. The van der Waals surface area contributed by atoms with Gasteiger partial charge in [-0.1, -0.05) is 42.5 Å². The Hall–Kier alpha value is -2.55. The normalized spacial score (nSPS) is 10.9. The lowest BCUT2D eigenvalue weighted by molar-refractivity contribution is 0.414. The molecule has 0 fully saturated rings. The van der Waals surface area contributed by atoms with Crippen molar-refractivity contribution in [1.29, 1.82) is 0 Å². The van der Waals surface area contributed by atoms with E-state index in [9.17, 15) is 0 Å². The van der Waals surface area contributed by atoms with Crippen molar-refractivity contribution >= 4 is 29.9 Å². The van der Waals surface area contributed by atoms with Crippen molar-refractivity contribution in [3.63, 3.8) is 0 Å². The van der Waals surface area contributed by atoms with Crippen molar-refractivity contribution in [2.75, 3.05) is 13.7 Å². The quantitative estimate of drug-likeness (QED) is 0.266. The summed E-state index contributed by atoms with van der Waals surface area (Å²) < 4.78 is 5.26. The first-order valence-corrected chi connectivity index (χ1v) is 9.03. The molecule has 0 saturated carbocycles. The van der Waals surface area contributed by atoms with Crippen molar-refractivity contribution in [2.24, 2.45) is 4.99 Å². The molecule has 1 heterocycles. The van der Waals surface area contributed by atoms with Crippen molar-refractivity contribution < 1.29 is 4.74 Å². The van der Waals surface area contributed by atoms with Crippen molar-refractivity contribution in [3.8, 4) is 17.0 Å². The zero-order valence-electron chi connectivity index (χ0n) is 16.1. The number of halogens is 1. The summed E-state index contributed by atoms with van der Waals surface area (Å²) in [6.45, 7) is 3.97. The first kappa shape index (κ1) is 21.7. The maximum atomic E-state index is 5.26. The largest absolute Gasteiger partial charge is 0.497 e. The number of imidazole rings is 1. The van der Waals surface area contributed by atoms with E-state index < -0.39 is 0 Å². The molecule has 0 aliphatic carbocycles. The van der Waals surface area contributed by atoms with E-state index in [1.165, 1.54) is 0 Å². The highest BCUT2D eigenvalue weighted by atomic mass is 127. The van der Waals surface area contributed by atoms with Crippen LogP contribution in [-0.2, 0) is 13.1 Å². The number of aromatic nitrogens is 2. The van der Waals surface area contributed by atoms with Gasteiger partial charge < -0.3 is 20.4 Å². The van der Waals surface area contributed by atoms with Gasteiger partial charge in [0.05, 0.1) is 32.1 Å². The van der Waals surface area contributed by atoms with E-state index in [4.69, 9.17) is 4.74 Å². The minimum atomic E-state index is 0. The molecule has 3 N–H and O–H groups in total. The van der Waals surface area contributed by atoms with Crippen molar-refractivity contribution in [2.45, 2.75) is 20.0 Å². The molecule has 0 spiro atoms. The van der Waals surface area contributed by atoms with Gasteiger partial charge in [0.2, 0.25) is 0 Å². The molecule has 0 aliphatic heterocycles. The first-order valence-electron chi connectivity index (χ1n) is 9.03. The van der Waals surface area contributed by atoms with Crippen LogP contribution in [0.3, 0.4) is 0 Å². The summed E-state index contributed by atoms with van der Waals surface area (Å²) >= 11 is 0. The van der Waals surface area contributed by atoms with Crippen LogP contribution in [0.5, 0.6) is 5.75 Å². The van der Waals surface area contributed by atoms with Gasteiger partial charge in [-0.2, -0.15) is 0 Å². The lowest BCUT2D eigenvalue weighted by Crippen LogP contribution is -2.37. The van der Waals surface area contributed by atoms with E-state index in [1.54, 1.807) is 7.11 Å². The Kier molecular flexibility index (Phi) is 8.80. The summed E-state index contributed by atoms with van der Waals surface area (Å²) in [5.41, 5.74) is 3.22. The maximum Gasteiger partial charge on any atom is 0.191 e. The zero-order valence-corrected chi connectivity index (χ0v) is 18.4. The number of nitrogens with zero attached hydrogens (tertiary/aromatic N) is 2. The van der Waals surface area contributed by atoms with Gasteiger partial charge in [0.25, 0.3) is 0 Å². The molecule has 0 radical (unpaired) electrons. The summed E-state index contributed by atoms with van der Waals surface area (Å²) in [6, 6.07) is 18.1. The summed E-state index contributed by atoms with van der Waals surface area (Å²) in [6.07, 6.45) is 1.85. The fraction of sp³-hybridized carbons (Fsp3) is 0.238. The molecule has 6 nitrogen and oxygen atoms in total. The van der Waals surface area contributed by atoms with Crippen LogP contribution in [0.25, 0.3) is 11.3 Å². The lowest BCUT2D eigenvalue weighted by Gasteiger charge is -2.10. The number of nitrogens with one attached hydrogen (secondary N) is 3. The molecule has 2 aromatic carbocycles. The SMILES string of the molecule is CCNC(=NCc1cccc(OC)c1)NCc1ncc(-c2ccccc2)[nH]1.I. The number of benzene rings is 2. The second kappa shape index (κ2) is 11.3. The molecule has 3 aromatic rings. The topological polar surface area (TPSA) is 74.3 Å². The van der Waals surface area contributed by atoms with Gasteiger partial charge in [-0.25, -0.2) is 9.98 Å². The van der Waals surface area contributed by atoms with Gasteiger partial charge in [0.15, 0.2) is 5.96 Å². The van der Waals surface area contributed by atoms with Crippen molar-refractivity contribution in [3.05, 3.63) is 72.2 Å². The maximum absolute atomic E-state index is 5.26. The Bertz CT molecular complexity index is 879. The van der Waals surface area contributed by atoms with Gasteiger partial charge in [-0.15, -0.1) is 24.0 Å². The average molecular weight is 491 g/mol. The Morgan fingerprint density at radius 2 is 1.93 bits per heavy atom. The molecule has 0 aliphatic rings. The molecule has 1 aromatic heterocycles. The average Bonchev–Trinajstić information content (AvgIpc) is 3.20. The molecular formula is C21H26IN5O. The molecule has 7 heteroatoms. The molecule has 0 saturated heterocycles. The molecule has 0 unspecified atom stereocenters. The van der Waals surface area contributed by atoms with E-state index >= 15 is 0 Å². The number of guanidine groups is 1. The minimum Gasteiger partial charge on any atom is -0.497 e. The summed E-state index contributed by atoms with van der Waals surface area (Å²) in [4.78, 5) is 12.4.